The molecular formula is C11H18BrN3S. The van der Waals surface area contributed by atoms with Gasteiger partial charge in [-0.15, -0.1) is 11.3 Å². The Hall–Kier alpha value is -0.130. The lowest BCUT2D eigenvalue weighted by Crippen LogP contribution is -2.56. The predicted molar refractivity (Wildman–Crippen MR) is 73.4 cm³/mol. The Kier molecular flexibility index (Phi) is 3.56. The van der Waals surface area contributed by atoms with Gasteiger partial charge in [0.25, 0.3) is 0 Å². The highest BCUT2D eigenvalue weighted by molar-refractivity contribution is 9.10. The van der Waals surface area contributed by atoms with Gasteiger partial charge < -0.3 is 9.80 Å². The summed E-state index contributed by atoms with van der Waals surface area (Å²) in [6, 6.07) is 0. The third-order valence-electron chi connectivity index (χ3n) is 3.56. The van der Waals surface area contributed by atoms with Crippen molar-refractivity contribution in [2.75, 3.05) is 32.6 Å². The van der Waals surface area contributed by atoms with Gasteiger partial charge in [0.2, 0.25) is 0 Å². The van der Waals surface area contributed by atoms with Gasteiger partial charge in [0, 0.05) is 24.5 Å². The number of anilines is 1. The predicted octanol–water partition coefficient (Wildman–Crippen LogP) is 2.83. The standard InChI is InChI=1S/C11H18BrN3S/c1-14(2)11(5-4-6-11)8-15(3)10-13-9(12)7-16-10/h7H,4-6,8H2,1-3H3. The quantitative estimate of drug-likeness (QED) is 0.853. The highest BCUT2D eigenvalue weighted by Crippen LogP contribution is 2.37. The monoisotopic (exact) mass is 303 g/mol. The normalized spacial score (nSPS) is 18.6. The first-order valence-corrected chi connectivity index (χ1v) is 7.20. The van der Waals surface area contributed by atoms with Crippen molar-refractivity contribution in [3.8, 4) is 0 Å². The topological polar surface area (TPSA) is 19.4 Å². The average molecular weight is 304 g/mol. The molecule has 0 unspecified atom stereocenters. The molecule has 1 aliphatic carbocycles. The molecule has 3 nitrogen and oxygen atoms in total. The average Bonchev–Trinajstić information content (AvgIpc) is 2.57. The van der Waals surface area contributed by atoms with Crippen molar-refractivity contribution in [3.63, 3.8) is 0 Å². The van der Waals surface area contributed by atoms with Crippen molar-refractivity contribution in [1.82, 2.24) is 9.88 Å². The lowest BCUT2D eigenvalue weighted by atomic mass is 9.75. The van der Waals surface area contributed by atoms with Crippen molar-refractivity contribution in [2.45, 2.75) is 24.8 Å². The van der Waals surface area contributed by atoms with Crippen LogP contribution in [0.15, 0.2) is 9.98 Å². The molecule has 1 aromatic heterocycles. The molecule has 0 atom stereocenters. The number of likely N-dealkylation sites (N-methyl/N-ethyl adjacent to an activating group) is 2. The molecule has 16 heavy (non-hydrogen) atoms. The van der Waals surface area contributed by atoms with Crippen LogP contribution in [0.2, 0.25) is 0 Å². The first-order valence-electron chi connectivity index (χ1n) is 5.53. The van der Waals surface area contributed by atoms with Crippen LogP contribution in [0.5, 0.6) is 0 Å². The van der Waals surface area contributed by atoms with E-state index in [0.29, 0.717) is 5.54 Å². The molecule has 0 amide bonds. The van der Waals surface area contributed by atoms with E-state index < -0.39 is 0 Å². The fourth-order valence-electron chi connectivity index (χ4n) is 2.26. The molecule has 0 aliphatic heterocycles. The van der Waals surface area contributed by atoms with E-state index in [1.165, 1.54) is 19.3 Å². The van der Waals surface area contributed by atoms with Gasteiger partial charge in [0.15, 0.2) is 5.13 Å². The summed E-state index contributed by atoms with van der Waals surface area (Å²) in [4.78, 5) is 9.10. The van der Waals surface area contributed by atoms with Crippen LogP contribution in [0.25, 0.3) is 0 Å². The van der Waals surface area contributed by atoms with Crippen LogP contribution < -0.4 is 4.90 Å². The lowest BCUT2D eigenvalue weighted by Gasteiger charge is -2.49. The summed E-state index contributed by atoms with van der Waals surface area (Å²) < 4.78 is 0.937. The van der Waals surface area contributed by atoms with Gasteiger partial charge in [0.1, 0.15) is 4.60 Å². The van der Waals surface area contributed by atoms with Crippen molar-refractivity contribution >= 4 is 32.4 Å². The van der Waals surface area contributed by atoms with Gasteiger partial charge in [-0.2, -0.15) is 0 Å². The SMILES string of the molecule is CN(CC1(N(C)C)CCC1)c1nc(Br)cs1. The van der Waals surface area contributed by atoms with Crippen LogP contribution in [-0.4, -0.2) is 43.1 Å². The molecule has 0 N–H and O–H groups in total. The number of hydrogen-bond acceptors (Lipinski definition) is 4. The summed E-state index contributed by atoms with van der Waals surface area (Å²) in [5, 5.41) is 3.13. The zero-order chi connectivity index (χ0) is 11.8. The maximum absolute atomic E-state index is 4.46. The number of hydrogen-bond donors (Lipinski definition) is 0. The molecule has 1 heterocycles. The molecule has 2 rings (SSSR count). The van der Waals surface area contributed by atoms with Crippen molar-refractivity contribution in [3.05, 3.63) is 9.98 Å². The molecule has 1 fully saturated rings. The molecule has 1 aliphatic rings. The van der Waals surface area contributed by atoms with Crippen LogP contribution in [0.4, 0.5) is 5.13 Å². The Morgan fingerprint density at radius 3 is 2.50 bits per heavy atom. The van der Waals surface area contributed by atoms with Crippen LogP contribution >= 0.6 is 27.3 Å². The molecule has 0 saturated heterocycles. The highest BCUT2D eigenvalue weighted by atomic mass is 79.9. The Balaban J connectivity index is 2.04. The number of aromatic nitrogens is 1. The maximum Gasteiger partial charge on any atom is 0.186 e. The molecule has 0 spiro atoms. The Labute approximate surface area is 110 Å². The summed E-state index contributed by atoms with van der Waals surface area (Å²) in [6.07, 6.45) is 3.96. The van der Waals surface area contributed by atoms with Crippen LogP contribution in [0.1, 0.15) is 19.3 Å². The van der Waals surface area contributed by atoms with Gasteiger partial charge in [-0.1, -0.05) is 0 Å². The Bertz CT molecular complexity index is 360. The minimum absolute atomic E-state index is 0.368. The van der Waals surface area contributed by atoms with Gasteiger partial charge in [-0.3, -0.25) is 0 Å². The smallest absolute Gasteiger partial charge is 0.186 e. The summed E-state index contributed by atoms with van der Waals surface area (Å²) in [5.74, 6) is 0. The van der Waals surface area contributed by atoms with E-state index in [1.54, 1.807) is 11.3 Å². The van der Waals surface area contributed by atoms with E-state index in [1.807, 2.05) is 5.38 Å². The number of thiazole rings is 1. The molecule has 1 aromatic rings. The van der Waals surface area contributed by atoms with E-state index in [4.69, 9.17) is 0 Å². The van der Waals surface area contributed by atoms with Gasteiger partial charge in [0.05, 0.1) is 0 Å². The number of nitrogens with zero attached hydrogens (tertiary/aromatic N) is 3. The zero-order valence-corrected chi connectivity index (χ0v) is 12.4. The molecule has 90 valence electrons. The van der Waals surface area contributed by atoms with Crippen molar-refractivity contribution in [2.24, 2.45) is 0 Å². The van der Waals surface area contributed by atoms with E-state index in [2.05, 4.69) is 51.9 Å². The summed E-state index contributed by atoms with van der Waals surface area (Å²) in [6.45, 7) is 1.07. The summed E-state index contributed by atoms with van der Waals surface area (Å²) in [5.41, 5.74) is 0.368. The molecule has 0 bridgehead atoms. The van der Waals surface area contributed by atoms with Gasteiger partial charge >= 0.3 is 0 Å². The molecule has 1 saturated carbocycles. The van der Waals surface area contributed by atoms with Crippen LogP contribution in [-0.2, 0) is 0 Å². The number of halogens is 1. The molecule has 0 radical (unpaired) electrons. The third-order valence-corrected chi connectivity index (χ3v) is 5.22. The Morgan fingerprint density at radius 2 is 2.12 bits per heavy atom. The first-order chi connectivity index (χ1) is 7.53. The largest absolute Gasteiger partial charge is 0.349 e. The van der Waals surface area contributed by atoms with Crippen molar-refractivity contribution < 1.29 is 0 Å². The van der Waals surface area contributed by atoms with Gasteiger partial charge in [-0.05, 0) is 49.3 Å². The van der Waals surface area contributed by atoms with E-state index in [-0.39, 0.29) is 0 Å². The zero-order valence-electron chi connectivity index (χ0n) is 10.0. The van der Waals surface area contributed by atoms with E-state index in [0.717, 1.165) is 16.3 Å². The fourth-order valence-corrected chi connectivity index (χ4v) is 3.48. The summed E-state index contributed by atoms with van der Waals surface area (Å²) in [7, 11) is 6.50. The minimum atomic E-state index is 0.368. The van der Waals surface area contributed by atoms with Gasteiger partial charge in [-0.25, -0.2) is 4.98 Å². The first kappa shape index (κ1) is 12.3. The lowest BCUT2D eigenvalue weighted by molar-refractivity contribution is 0.0683. The second kappa shape index (κ2) is 4.63. The minimum Gasteiger partial charge on any atom is -0.349 e. The maximum atomic E-state index is 4.46. The third kappa shape index (κ3) is 2.26. The number of rotatable bonds is 4. The fraction of sp³-hybridized carbons (Fsp3) is 0.727. The van der Waals surface area contributed by atoms with Crippen molar-refractivity contribution in [1.29, 1.82) is 0 Å². The molecule has 5 heteroatoms. The molecule has 0 aromatic carbocycles. The van der Waals surface area contributed by atoms with Crippen LogP contribution in [0.3, 0.4) is 0 Å². The van der Waals surface area contributed by atoms with E-state index >= 15 is 0 Å². The Morgan fingerprint density at radius 1 is 1.44 bits per heavy atom. The second-order valence-corrected chi connectivity index (χ2v) is 6.43. The highest BCUT2D eigenvalue weighted by Gasteiger charge is 2.40. The summed E-state index contributed by atoms with van der Waals surface area (Å²) >= 11 is 5.10. The van der Waals surface area contributed by atoms with Crippen LogP contribution in [0, 0.1) is 0 Å². The second-order valence-electron chi connectivity index (χ2n) is 4.78. The van der Waals surface area contributed by atoms with E-state index in [9.17, 15) is 0 Å². The molecular weight excluding hydrogens is 286 g/mol.